The van der Waals surface area contributed by atoms with Crippen molar-refractivity contribution in [2.45, 2.75) is 19.0 Å². The lowest BCUT2D eigenvalue weighted by Crippen LogP contribution is -2.30. The van der Waals surface area contributed by atoms with Crippen LogP contribution in [0.4, 0.5) is 0 Å². The highest BCUT2D eigenvalue weighted by Gasteiger charge is 2.11. The van der Waals surface area contributed by atoms with E-state index < -0.39 is 11.9 Å². The van der Waals surface area contributed by atoms with E-state index in [0.29, 0.717) is 10.9 Å². The molecule has 1 aromatic rings. The van der Waals surface area contributed by atoms with Gasteiger partial charge in [0.1, 0.15) is 12.2 Å². The predicted octanol–water partition coefficient (Wildman–Crippen LogP) is 0.800. The largest absolute Gasteiger partial charge is 0.468 e. The summed E-state index contributed by atoms with van der Waals surface area (Å²) in [6.45, 7) is 3.60. The van der Waals surface area contributed by atoms with E-state index in [1.54, 1.807) is 13.0 Å². The van der Waals surface area contributed by atoms with Crippen LogP contribution in [0, 0.1) is 6.92 Å². The maximum Gasteiger partial charge on any atom is 0.325 e. The molecule has 0 aliphatic carbocycles. The van der Waals surface area contributed by atoms with Gasteiger partial charge in [0, 0.05) is 5.69 Å². The second kappa shape index (κ2) is 6.95. The number of methoxy groups -OCH3 is 1. The highest BCUT2D eigenvalue weighted by Crippen LogP contribution is 2.13. The van der Waals surface area contributed by atoms with Crippen LogP contribution in [-0.4, -0.2) is 41.3 Å². The number of carbonyl (C=O) groups is 2. The molecule has 0 radical (unpaired) electrons. The highest BCUT2D eigenvalue weighted by molar-refractivity contribution is 7.99. The van der Waals surface area contributed by atoms with Gasteiger partial charge in [-0.25, -0.2) is 9.97 Å². The Bertz CT molecular complexity index is 451. The number of nitrogens with zero attached hydrogens (tertiary/aromatic N) is 2. The van der Waals surface area contributed by atoms with Crippen molar-refractivity contribution in [2.24, 2.45) is 0 Å². The van der Waals surface area contributed by atoms with Crippen LogP contribution in [0.5, 0.6) is 0 Å². The van der Waals surface area contributed by atoms with Crippen molar-refractivity contribution in [3.05, 3.63) is 17.5 Å². The van der Waals surface area contributed by atoms with Gasteiger partial charge in [-0.05, 0) is 18.7 Å². The van der Waals surface area contributed by atoms with E-state index in [4.69, 9.17) is 0 Å². The first-order chi connectivity index (χ1) is 8.56. The number of nitrogens with one attached hydrogen (secondary N) is 1. The first-order valence-corrected chi connectivity index (χ1v) is 6.39. The quantitative estimate of drug-likeness (QED) is 0.484. The summed E-state index contributed by atoms with van der Waals surface area (Å²) in [6.07, 6.45) is 0. The molecule has 18 heavy (non-hydrogen) atoms. The van der Waals surface area contributed by atoms with Crippen molar-refractivity contribution >= 4 is 23.6 Å². The van der Waals surface area contributed by atoms with E-state index in [1.165, 1.54) is 18.9 Å². The molecule has 6 nitrogen and oxygen atoms in total. The molecule has 0 fully saturated rings. The Labute approximate surface area is 110 Å². The average molecular weight is 269 g/mol. The molecular weight excluding hydrogens is 254 g/mol. The minimum Gasteiger partial charge on any atom is -0.468 e. The van der Waals surface area contributed by atoms with Gasteiger partial charge in [-0.2, -0.15) is 0 Å². The summed E-state index contributed by atoms with van der Waals surface area (Å²) >= 11 is 1.46. The van der Waals surface area contributed by atoms with E-state index in [0.717, 1.165) is 5.75 Å². The van der Waals surface area contributed by atoms with Crippen LogP contribution >= 0.6 is 11.8 Å². The maximum atomic E-state index is 11.8. The minimum atomic E-state index is -0.503. The Morgan fingerprint density at radius 3 is 2.78 bits per heavy atom. The summed E-state index contributed by atoms with van der Waals surface area (Å²) in [5.74, 6) is -0.0895. The molecule has 7 heteroatoms. The Morgan fingerprint density at radius 1 is 1.44 bits per heavy atom. The van der Waals surface area contributed by atoms with E-state index in [9.17, 15) is 9.59 Å². The second-order valence-corrected chi connectivity index (χ2v) is 4.60. The molecule has 98 valence electrons. The van der Waals surface area contributed by atoms with Crippen molar-refractivity contribution in [3.8, 4) is 0 Å². The van der Waals surface area contributed by atoms with Gasteiger partial charge in [-0.3, -0.25) is 9.59 Å². The lowest BCUT2D eigenvalue weighted by molar-refractivity contribution is -0.139. The van der Waals surface area contributed by atoms with E-state index in [2.05, 4.69) is 20.0 Å². The molecule has 0 atom stereocenters. The minimum absolute atomic E-state index is 0.172. The number of hydrogen-bond donors (Lipinski definition) is 1. The van der Waals surface area contributed by atoms with Crippen LogP contribution in [0.3, 0.4) is 0 Å². The number of esters is 1. The van der Waals surface area contributed by atoms with Gasteiger partial charge in [-0.15, -0.1) is 0 Å². The zero-order chi connectivity index (χ0) is 13.5. The molecule has 0 saturated carbocycles. The van der Waals surface area contributed by atoms with Gasteiger partial charge in [-0.1, -0.05) is 18.7 Å². The van der Waals surface area contributed by atoms with E-state index in [-0.39, 0.29) is 12.2 Å². The predicted molar refractivity (Wildman–Crippen MR) is 67.5 cm³/mol. The monoisotopic (exact) mass is 269 g/mol. The first kappa shape index (κ1) is 14.4. The van der Waals surface area contributed by atoms with Crippen LogP contribution in [-0.2, 0) is 9.53 Å². The van der Waals surface area contributed by atoms with E-state index >= 15 is 0 Å². The lowest BCUT2D eigenvalue weighted by Gasteiger charge is -2.05. The molecule has 0 aliphatic heterocycles. The normalized spacial score (nSPS) is 9.94. The summed E-state index contributed by atoms with van der Waals surface area (Å²) in [6, 6.07) is 1.58. The molecule has 0 saturated heterocycles. The third-order valence-electron chi connectivity index (χ3n) is 1.96. The Morgan fingerprint density at radius 2 is 2.17 bits per heavy atom. The Hall–Kier alpha value is -1.63. The number of aromatic nitrogens is 2. The van der Waals surface area contributed by atoms with Crippen molar-refractivity contribution in [1.82, 2.24) is 15.3 Å². The molecule has 1 heterocycles. The second-order valence-electron chi connectivity index (χ2n) is 3.37. The topological polar surface area (TPSA) is 81.2 Å². The van der Waals surface area contributed by atoms with Crippen LogP contribution in [0.15, 0.2) is 11.2 Å². The molecule has 0 aliphatic rings. The van der Waals surface area contributed by atoms with Gasteiger partial charge in [0.2, 0.25) is 0 Å². The number of thioether (sulfide) groups is 1. The van der Waals surface area contributed by atoms with Gasteiger partial charge >= 0.3 is 5.97 Å². The number of rotatable bonds is 5. The fraction of sp³-hybridized carbons (Fsp3) is 0.455. The Kier molecular flexibility index (Phi) is 5.57. The molecule has 0 aromatic carbocycles. The van der Waals surface area contributed by atoms with Gasteiger partial charge in [0.05, 0.1) is 7.11 Å². The SMILES string of the molecule is CCSc1nc(C)cc(C(=O)NCC(=O)OC)n1. The molecule has 0 spiro atoms. The molecule has 0 bridgehead atoms. The van der Waals surface area contributed by atoms with Gasteiger partial charge < -0.3 is 10.1 Å². The fourth-order valence-corrected chi connectivity index (χ4v) is 1.80. The van der Waals surface area contributed by atoms with Crippen LogP contribution in [0.1, 0.15) is 23.1 Å². The highest BCUT2D eigenvalue weighted by atomic mass is 32.2. The summed E-state index contributed by atoms with van der Waals surface area (Å²) in [4.78, 5) is 31.0. The number of ether oxygens (including phenoxy) is 1. The number of hydrogen-bond acceptors (Lipinski definition) is 6. The zero-order valence-corrected chi connectivity index (χ0v) is 11.3. The summed E-state index contributed by atoms with van der Waals surface area (Å²) < 4.78 is 4.43. The van der Waals surface area contributed by atoms with Crippen LogP contribution in [0.25, 0.3) is 0 Å². The number of amides is 1. The molecule has 0 unspecified atom stereocenters. The fourth-order valence-electron chi connectivity index (χ4n) is 1.17. The molecular formula is C11H15N3O3S. The number of aryl methyl sites for hydroxylation is 1. The zero-order valence-electron chi connectivity index (χ0n) is 10.5. The molecule has 1 rings (SSSR count). The molecule has 1 N–H and O–H groups in total. The standard InChI is InChI=1S/C11H15N3O3S/c1-4-18-11-13-7(2)5-8(14-11)10(16)12-6-9(15)17-3/h5H,4,6H2,1-3H3,(H,12,16). The smallest absolute Gasteiger partial charge is 0.325 e. The Balaban J connectivity index is 2.75. The average Bonchev–Trinajstić information content (AvgIpc) is 2.35. The third kappa shape index (κ3) is 4.33. The lowest BCUT2D eigenvalue weighted by atomic mass is 10.3. The van der Waals surface area contributed by atoms with Crippen LogP contribution in [0.2, 0.25) is 0 Å². The van der Waals surface area contributed by atoms with Crippen molar-refractivity contribution in [1.29, 1.82) is 0 Å². The van der Waals surface area contributed by atoms with Crippen molar-refractivity contribution in [2.75, 3.05) is 19.4 Å². The molecule has 1 aromatic heterocycles. The van der Waals surface area contributed by atoms with Gasteiger partial charge in [0.15, 0.2) is 5.16 Å². The van der Waals surface area contributed by atoms with Gasteiger partial charge in [0.25, 0.3) is 5.91 Å². The summed E-state index contributed by atoms with van der Waals surface area (Å²) in [7, 11) is 1.26. The third-order valence-corrected chi connectivity index (χ3v) is 2.69. The van der Waals surface area contributed by atoms with E-state index in [1.807, 2.05) is 6.92 Å². The van der Waals surface area contributed by atoms with Crippen LogP contribution < -0.4 is 5.32 Å². The van der Waals surface area contributed by atoms with Crippen molar-refractivity contribution in [3.63, 3.8) is 0 Å². The first-order valence-electron chi connectivity index (χ1n) is 5.40. The molecule has 1 amide bonds. The summed E-state index contributed by atoms with van der Waals surface area (Å²) in [5, 5.41) is 2.99. The summed E-state index contributed by atoms with van der Waals surface area (Å²) in [5.41, 5.74) is 0.964. The maximum absolute atomic E-state index is 11.8. The number of carbonyl (C=O) groups excluding carboxylic acids is 2. The van der Waals surface area contributed by atoms with Crippen molar-refractivity contribution < 1.29 is 14.3 Å².